The third kappa shape index (κ3) is 6.39. The normalized spacial score (nSPS) is 11.8. The summed E-state index contributed by atoms with van der Waals surface area (Å²) in [5, 5.41) is 20.5. The molecule has 10 nitrogen and oxygen atoms in total. The molecule has 0 saturated carbocycles. The molecule has 3 heterocycles. The molecule has 37 heavy (non-hydrogen) atoms. The minimum Gasteiger partial charge on any atom is -0.375 e. The molecule has 1 amide bonds. The molecule has 0 aliphatic heterocycles. The fourth-order valence-electron chi connectivity index (χ4n) is 3.66. The number of nitriles is 1. The number of carbonyl (C=O) groups is 1. The molecule has 1 unspecified atom stereocenters. The van der Waals surface area contributed by atoms with Crippen molar-refractivity contribution < 1.29 is 9.53 Å². The SMILES string of the molecule is COCC(=O)Nc1nc(-c2cccc(C#N)c2)cc(-c2cn(Cc3cccc(C(C)C(C)C)n3)nn2)n1. The van der Waals surface area contributed by atoms with Gasteiger partial charge < -0.3 is 4.74 Å². The van der Waals surface area contributed by atoms with Crippen molar-refractivity contribution in [3.63, 3.8) is 0 Å². The van der Waals surface area contributed by atoms with Crippen LogP contribution in [0, 0.1) is 17.2 Å². The van der Waals surface area contributed by atoms with Crippen LogP contribution in [0.5, 0.6) is 0 Å². The second kappa shape index (κ2) is 11.5. The summed E-state index contributed by atoms with van der Waals surface area (Å²) in [7, 11) is 1.43. The molecule has 3 aromatic heterocycles. The van der Waals surface area contributed by atoms with Crippen molar-refractivity contribution in [2.24, 2.45) is 5.92 Å². The van der Waals surface area contributed by atoms with Crippen LogP contribution in [0.2, 0.25) is 0 Å². The Morgan fingerprint density at radius 2 is 1.84 bits per heavy atom. The number of carbonyl (C=O) groups excluding carboxylic acids is 1. The number of anilines is 1. The molecule has 10 heteroatoms. The Labute approximate surface area is 215 Å². The fraction of sp³-hybridized carbons (Fsp3) is 0.296. The Morgan fingerprint density at radius 1 is 1.05 bits per heavy atom. The van der Waals surface area contributed by atoms with Gasteiger partial charge in [0.05, 0.1) is 41.5 Å². The maximum atomic E-state index is 12.1. The zero-order chi connectivity index (χ0) is 26.4. The molecule has 4 rings (SSSR count). The fourth-order valence-corrected chi connectivity index (χ4v) is 3.66. The summed E-state index contributed by atoms with van der Waals surface area (Å²) in [5.74, 6) is 0.544. The summed E-state index contributed by atoms with van der Waals surface area (Å²) in [4.78, 5) is 25.9. The van der Waals surface area contributed by atoms with Crippen molar-refractivity contribution in [2.45, 2.75) is 33.2 Å². The van der Waals surface area contributed by atoms with Gasteiger partial charge in [0.1, 0.15) is 12.3 Å². The predicted molar refractivity (Wildman–Crippen MR) is 138 cm³/mol. The first-order valence-corrected chi connectivity index (χ1v) is 11.9. The number of ether oxygens (including phenoxy) is 1. The van der Waals surface area contributed by atoms with Crippen LogP contribution in [0.15, 0.2) is 54.7 Å². The number of benzene rings is 1. The number of aromatic nitrogens is 6. The Balaban J connectivity index is 1.66. The molecule has 0 bridgehead atoms. The van der Waals surface area contributed by atoms with Crippen LogP contribution < -0.4 is 5.32 Å². The van der Waals surface area contributed by atoms with Gasteiger partial charge in [-0.05, 0) is 36.2 Å². The number of amides is 1. The molecule has 0 radical (unpaired) electrons. The Bertz CT molecular complexity index is 1440. The van der Waals surface area contributed by atoms with E-state index < -0.39 is 0 Å². The third-order valence-corrected chi connectivity index (χ3v) is 5.96. The van der Waals surface area contributed by atoms with E-state index in [0.717, 1.165) is 11.4 Å². The minimum absolute atomic E-state index is 0.100. The molecule has 0 saturated heterocycles. The molecule has 1 aromatic carbocycles. The van der Waals surface area contributed by atoms with Crippen molar-refractivity contribution in [3.05, 3.63) is 71.7 Å². The monoisotopic (exact) mass is 496 g/mol. The number of methoxy groups -OCH3 is 1. The van der Waals surface area contributed by atoms with E-state index >= 15 is 0 Å². The van der Waals surface area contributed by atoms with Gasteiger partial charge in [-0.25, -0.2) is 14.6 Å². The van der Waals surface area contributed by atoms with Crippen LogP contribution in [-0.4, -0.2) is 49.6 Å². The zero-order valence-corrected chi connectivity index (χ0v) is 21.2. The topological polar surface area (TPSA) is 132 Å². The Kier molecular flexibility index (Phi) is 7.95. The highest BCUT2D eigenvalue weighted by Gasteiger charge is 2.15. The number of nitrogens with one attached hydrogen (secondary N) is 1. The first-order chi connectivity index (χ1) is 17.9. The molecular formula is C27H28N8O2. The van der Waals surface area contributed by atoms with Crippen molar-refractivity contribution >= 4 is 11.9 Å². The molecule has 1 atom stereocenters. The van der Waals surface area contributed by atoms with Gasteiger partial charge in [-0.2, -0.15) is 5.26 Å². The lowest BCUT2D eigenvalue weighted by Gasteiger charge is -2.15. The molecule has 0 spiro atoms. The van der Waals surface area contributed by atoms with Gasteiger partial charge in [0.2, 0.25) is 5.95 Å². The minimum atomic E-state index is -0.387. The molecule has 0 fully saturated rings. The molecule has 188 valence electrons. The summed E-state index contributed by atoms with van der Waals surface area (Å²) < 4.78 is 6.59. The molecule has 4 aromatic rings. The van der Waals surface area contributed by atoms with Crippen LogP contribution in [0.3, 0.4) is 0 Å². The smallest absolute Gasteiger partial charge is 0.252 e. The van der Waals surface area contributed by atoms with Crippen molar-refractivity contribution in [2.75, 3.05) is 19.0 Å². The van der Waals surface area contributed by atoms with Crippen molar-refractivity contribution in [1.82, 2.24) is 29.9 Å². The quantitative estimate of drug-likeness (QED) is 0.367. The van der Waals surface area contributed by atoms with Gasteiger partial charge >= 0.3 is 0 Å². The zero-order valence-electron chi connectivity index (χ0n) is 21.2. The summed E-state index contributed by atoms with van der Waals surface area (Å²) >= 11 is 0. The number of nitrogens with zero attached hydrogens (tertiary/aromatic N) is 7. The number of hydrogen-bond acceptors (Lipinski definition) is 8. The van der Waals surface area contributed by atoms with E-state index in [4.69, 9.17) is 9.72 Å². The summed E-state index contributed by atoms with van der Waals surface area (Å²) in [6.07, 6.45) is 1.78. The van der Waals surface area contributed by atoms with Crippen LogP contribution >= 0.6 is 0 Å². The number of rotatable bonds is 9. The second-order valence-electron chi connectivity index (χ2n) is 9.02. The Morgan fingerprint density at radius 3 is 2.59 bits per heavy atom. The van der Waals surface area contributed by atoms with E-state index in [2.05, 4.69) is 52.4 Å². The summed E-state index contributed by atoms with van der Waals surface area (Å²) in [5.41, 5.74) is 4.64. The van der Waals surface area contributed by atoms with E-state index in [1.165, 1.54) is 7.11 Å². The lowest BCUT2D eigenvalue weighted by Crippen LogP contribution is -2.19. The third-order valence-electron chi connectivity index (χ3n) is 5.96. The maximum absolute atomic E-state index is 12.1. The van der Waals surface area contributed by atoms with Crippen LogP contribution in [0.1, 0.15) is 43.6 Å². The second-order valence-corrected chi connectivity index (χ2v) is 9.02. The average molecular weight is 497 g/mol. The van der Waals surface area contributed by atoms with Gasteiger partial charge in [-0.15, -0.1) is 5.10 Å². The summed E-state index contributed by atoms with van der Waals surface area (Å²) in [6.45, 7) is 6.85. The maximum Gasteiger partial charge on any atom is 0.252 e. The number of pyridine rings is 1. The first kappa shape index (κ1) is 25.6. The standard InChI is InChI=1S/C27H28N8O2/c1-17(2)18(3)22-10-6-9-21(29-22)14-35-15-25(33-34-35)24-12-23(20-8-5-7-19(11-20)13-28)30-27(31-24)32-26(36)16-37-4/h5-12,15,17-18H,14,16H2,1-4H3,(H,30,31,32,36). The van der Waals surface area contributed by atoms with E-state index in [0.29, 0.717) is 46.6 Å². The lowest BCUT2D eigenvalue weighted by molar-refractivity contribution is -0.119. The highest BCUT2D eigenvalue weighted by Crippen LogP contribution is 2.25. The lowest BCUT2D eigenvalue weighted by atomic mass is 9.94. The van der Waals surface area contributed by atoms with Crippen LogP contribution in [0.4, 0.5) is 5.95 Å². The first-order valence-electron chi connectivity index (χ1n) is 11.9. The van der Waals surface area contributed by atoms with E-state index in [-0.39, 0.29) is 18.5 Å². The van der Waals surface area contributed by atoms with Gasteiger partial charge in [0, 0.05) is 24.3 Å². The Hall–Kier alpha value is -4.49. The van der Waals surface area contributed by atoms with Crippen LogP contribution in [0.25, 0.3) is 22.6 Å². The highest BCUT2D eigenvalue weighted by atomic mass is 16.5. The molecule has 0 aliphatic carbocycles. The van der Waals surface area contributed by atoms with Gasteiger partial charge in [-0.3, -0.25) is 15.1 Å². The molecule has 1 N–H and O–H groups in total. The largest absolute Gasteiger partial charge is 0.375 e. The molecular weight excluding hydrogens is 468 g/mol. The molecule has 0 aliphatic rings. The van der Waals surface area contributed by atoms with Gasteiger partial charge in [0.25, 0.3) is 5.91 Å². The van der Waals surface area contributed by atoms with Crippen LogP contribution in [-0.2, 0) is 16.1 Å². The van der Waals surface area contributed by atoms with E-state index in [9.17, 15) is 10.1 Å². The highest BCUT2D eigenvalue weighted by molar-refractivity contribution is 5.90. The average Bonchev–Trinajstić information content (AvgIpc) is 3.36. The predicted octanol–water partition coefficient (Wildman–Crippen LogP) is 4.06. The summed E-state index contributed by atoms with van der Waals surface area (Å²) in [6, 6.07) is 16.9. The van der Waals surface area contributed by atoms with Gasteiger partial charge in [0.15, 0.2) is 0 Å². The van der Waals surface area contributed by atoms with E-state index in [1.54, 1.807) is 35.1 Å². The van der Waals surface area contributed by atoms with Crippen molar-refractivity contribution in [3.8, 4) is 28.7 Å². The van der Waals surface area contributed by atoms with E-state index in [1.807, 2.05) is 24.3 Å². The van der Waals surface area contributed by atoms with Gasteiger partial charge in [-0.1, -0.05) is 44.2 Å². The number of hydrogen-bond donors (Lipinski definition) is 1. The van der Waals surface area contributed by atoms with Crippen molar-refractivity contribution in [1.29, 1.82) is 5.26 Å².